The number of ether oxygens (including phenoxy) is 1. The summed E-state index contributed by atoms with van der Waals surface area (Å²) < 4.78 is 5.02. The number of hydrogen-bond acceptors (Lipinski definition) is 4. The van der Waals surface area contributed by atoms with Gasteiger partial charge in [0.05, 0.1) is 12.7 Å². The highest BCUT2D eigenvalue weighted by molar-refractivity contribution is 6.08. The lowest BCUT2D eigenvalue weighted by Gasteiger charge is -2.19. The fraction of sp³-hybridized carbons (Fsp3) is 0.188. The number of hydrogen-bond donors (Lipinski definition) is 2. The van der Waals surface area contributed by atoms with Crippen LogP contribution in [-0.2, 0) is 6.54 Å². The molecule has 5 heteroatoms. The van der Waals surface area contributed by atoms with E-state index < -0.39 is 0 Å². The minimum atomic E-state index is -0.319. The van der Waals surface area contributed by atoms with Crippen molar-refractivity contribution in [2.75, 3.05) is 19.1 Å². The molecule has 2 aromatic rings. The Hall–Kier alpha value is -2.53. The maximum absolute atomic E-state index is 12.5. The summed E-state index contributed by atoms with van der Waals surface area (Å²) in [5.74, 6) is -0.211. The van der Waals surface area contributed by atoms with E-state index in [-0.39, 0.29) is 23.0 Å². The zero-order valence-corrected chi connectivity index (χ0v) is 12.0. The number of benzene rings is 2. The summed E-state index contributed by atoms with van der Waals surface area (Å²) in [6, 6.07) is 12.2. The van der Waals surface area contributed by atoms with Crippen LogP contribution in [0.4, 0.5) is 5.69 Å². The van der Waals surface area contributed by atoms with E-state index in [0.717, 1.165) is 5.56 Å². The molecule has 2 aromatic carbocycles. The largest absolute Gasteiger partial charge is 0.504 e. The number of methoxy groups -OCH3 is 1. The summed E-state index contributed by atoms with van der Waals surface area (Å²) in [7, 11) is 3.09. The first kappa shape index (κ1) is 14.9. The first-order valence-corrected chi connectivity index (χ1v) is 6.51. The summed E-state index contributed by atoms with van der Waals surface area (Å²) in [5, 5.41) is 10.1. The predicted octanol–water partition coefficient (Wildman–Crippen LogP) is 2.14. The van der Waals surface area contributed by atoms with Crippen LogP contribution in [-0.4, -0.2) is 25.2 Å². The van der Waals surface area contributed by atoms with Crippen LogP contribution in [0.2, 0.25) is 0 Å². The van der Waals surface area contributed by atoms with Gasteiger partial charge in [0.2, 0.25) is 0 Å². The molecule has 0 fully saturated rings. The number of rotatable bonds is 4. The van der Waals surface area contributed by atoms with E-state index in [9.17, 15) is 9.90 Å². The van der Waals surface area contributed by atoms with Crippen molar-refractivity contribution in [1.82, 2.24) is 0 Å². The van der Waals surface area contributed by atoms with Crippen molar-refractivity contribution in [1.29, 1.82) is 0 Å². The number of nitrogens with two attached hydrogens (primary N) is 1. The van der Waals surface area contributed by atoms with Crippen molar-refractivity contribution in [3.8, 4) is 11.5 Å². The van der Waals surface area contributed by atoms with Crippen molar-refractivity contribution >= 4 is 11.6 Å². The summed E-state index contributed by atoms with van der Waals surface area (Å²) in [6.07, 6.45) is 0. The molecule has 110 valence electrons. The molecule has 0 aliphatic rings. The fourth-order valence-corrected chi connectivity index (χ4v) is 2.05. The second-order valence-corrected chi connectivity index (χ2v) is 4.59. The lowest BCUT2D eigenvalue weighted by Crippen LogP contribution is -2.26. The number of carbonyl (C=O) groups excluding carboxylic acids is 1. The van der Waals surface area contributed by atoms with E-state index in [2.05, 4.69) is 0 Å². The lowest BCUT2D eigenvalue weighted by atomic mass is 10.1. The number of amides is 1. The number of phenols is 1. The van der Waals surface area contributed by atoms with Gasteiger partial charge in [-0.2, -0.15) is 0 Å². The number of nitrogens with zero attached hydrogens (tertiary/aromatic N) is 1. The van der Waals surface area contributed by atoms with E-state index in [1.54, 1.807) is 25.2 Å². The Morgan fingerprint density at radius 1 is 1.29 bits per heavy atom. The molecule has 0 saturated heterocycles. The minimum Gasteiger partial charge on any atom is -0.504 e. The summed E-state index contributed by atoms with van der Waals surface area (Å²) in [4.78, 5) is 14.0. The van der Waals surface area contributed by atoms with Gasteiger partial charge in [-0.05, 0) is 29.8 Å². The first-order valence-electron chi connectivity index (χ1n) is 6.51. The second-order valence-electron chi connectivity index (χ2n) is 4.59. The highest BCUT2D eigenvalue weighted by Gasteiger charge is 2.19. The van der Waals surface area contributed by atoms with Crippen molar-refractivity contribution in [3.63, 3.8) is 0 Å². The highest BCUT2D eigenvalue weighted by atomic mass is 16.5. The quantitative estimate of drug-likeness (QED) is 0.903. The molecule has 0 bridgehead atoms. The smallest absolute Gasteiger partial charge is 0.261 e. The van der Waals surface area contributed by atoms with Crippen LogP contribution in [0.25, 0.3) is 0 Å². The van der Waals surface area contributed by atoms with Gasteiger partial charge >= 0.3 is 0 Å². The van der Waals surface area contributed by atoms with Gasteiger partial charge in [-0.25, -0.2) is 0 Å². The minimum absolute atomic E-state index is 0.160. The van der Waals surface area contributed by atoms with Crippen LogP contribution < -0.4 is 15.4 Å². The van der Waals surface area contributed by atoms with Crippen LogP contribution in [0.3, 0.4) is 0 Å². The second kappa shape index (κ2) is 6.28. The Balaban J connectivity index is 2.35. The molecule has 2 rings (SSSR count). The normalized spacial score (nSPS) is 10.2. The topological polar surface area (TPSA) is 75.8 Å². The van der Waals surface area contributed by atoms with E-state index >= 15 is 0 Å². The summed E-state index contributed by atoms with van der Waals surface area (Å²) in [6.45, 7) is 0.403. The first-order chi connectivity index (χ1) is 10.1. The Bertz CT molecular complexity index is 656. The van der Waals surface area contributed by atoms with Crippen molar-refractivity contribution in [2.45, 2.75) is 6.54 Å². The van der Waals surface area contributed by atoms with Gasteiger partial charge in [0, 0.05) is 19.3 Å². The molecule has 0 saturated carbocycles. The molecule has 0 radical (unpaired) electrons. The van der Waals surface area contributed by atoms with Gasteiger partial charge in [0.1, 0.15) is 0 Å². The van der Waals surface area contributed by atoms with E-state index in [1.165, 1.54) is 12.0 Å². The molecule has 0 unspecified atom stereocenters. The highest BCUT2D eigenvalue weighted by Crippen LogP contribution is 2.31. The maximum Gasteiger partial charge on any atom is 0.261 e. The Morgan fingerprint density at radius 3 is 2.67 bits per heavy atom. The van der Waals surface area contributed by atoms with Gasteiger partial charge in [0.25, 0.3) is 5.91 Å². The van der Waals surface area contributed by atoms with Gasteiger partial charge in [-0.1, -0.05) is 18.2 Å². The lowest BCUT2D eigenvalue weighted by molar-refractivity contribution is 0.0990. The molecular formula is C16H18N2O3. The average Bonchev–Trinajstić information content (AvgIpc) is 2.53. The standard InChI is InChI=1S/C16H18N2O3/c1-18(12-6-3-5-11(9-12)10-17)16(20)13-7-4-8-14(21-2)15(13)19/h3-9,19H,10,17H2,1-2H3. The average molecular weight is 286 g/mol. The third kappa shape index (κ3) is 2.98. The van der Waals surface area contributed by atoms with Crippen LogP contribution >= 0.6 is 0 Å². The Morgan fingerprint density at radius 2 is 2.00 bits per heavy atom. The number of carbonyl (C=O) groups is 1. The van der Waals surface area contributed by atoms with E-state index in [1.807, 2.05) is 24.3 Å². The van der Waals surface area contributed by atoms with Gasteiger partial charge in [0.15, 0.2) is 11.5 Å². The molecule has 1 amide bonds. The Labute approximate surface area is 123 Å². The van der Waals surface area contributed by atoms with Crippen LogP contribution in [0.5, 0.6) is 11.5 Å². The maximum atomic E-state index is 12.5. The van der Waals surface area contributed by atoms with Crippen LogP contribution in [0.1, 0.15) is 15.9 Å². The van der Waals surface area contributed by atoms with E-state index in [0.29, 0.717) is 12.2 Å². The van der Waals surface area contributed by atoms with E-state index in [4.69, 9.17) is 10.5 Å². The van der Waals surface area contributed by atoms with Gasteiger partial charge in [-0.3, -0.25) is 4.79 Å². The molecule has 0 aliphatic heterocycles. The van der Waals surface area contributed by atoms with Crippen LogP contribution in [0, 0.1) is 0 Å². The van der Waals surface area contributed by atoms with Crippen LogP contribution in [0.15, 0.2) is 42.5 Å². The molecule has 5 nitrogen and oxygen atoms in total. The fourth-order valence-electron chi connectivity index (χ4n) is 2.05. The molecule has 0 aromatic heterocycles. The van der Waals surface area contributed by atoms with Crippen molar-refractivity contribution in [3.05, 3.63) is 53.6 Å². The third-order valence-electron chi connectivity index (χ3n) is 3.29. The summed E-state index contributed by atoms with van der Waals surface area (Å²) in [5.41, 5.74) is 7.44. The number of phenolic OH excluding ortho intramolecular Hbond substituents is 1. The van der Waals surface area contributed by atoms with Crippen molar-refractivity contribution < 1.29 is 14.6 Å². The zero-order chi connectivity index (χ0) is 15.4. The number of anilines is 1. The molecule has 0 atom stereocenters. The summed E-state index contributed by atoms with van der Waals surface area (Å²) >= 11 is 0. The number of aromatic hydroxyl groups is 1. The monoisotopic (exact) mass is 286 g/mol. The third-order valence-corrected chi connectivity index (χ3v) is 3.29. The molecule has 0 spiro atoms. The van der Waals surface area contributed by atoms with Crippen molar-refractivity contribution in [2.24, 2.45) is 5.73 Å². The zero-order valence-electron chi connectivity index (χ0n) is 12.0. The molecule has 21 heavy (non-hydrogen) atoms. The number of para-hydroxylation sites is 1. The molecule has 0 aliphatic carbocycles. The predicted molar refractivity (Wildman–Crippen MR) is 81.7 cm³/mol. The van der Waals surface area contributed by atoms with Gasteiger partial charge < -0.3 is 20.5 Å². The SMILES string of the molecule is COc1cccc(C(=O)N(C)c2cccc(CN)c2)c1O. The molecule has 0 heterocycles. The van der Waals surface area contributed by atoms with Gasteiger partial charge in [-0.15, -0.1) is 0 Å². The molecule has 3 N–H and O–H groups in total. The molecular weight excluding hydrogens is 268 g/mol. The Kier molecular flexibility index (Phi) is 4.45.